The number of hydrogen-bond donors (Lipinski definition) is 1. The Kier molecular flexibility index (Phi) is 7.30. The van der Waals surface area contributed by atoms with E-state index in [0.717, 1.165) is 12.8 Å². The Hall–Kier alpha value is -3.06. The molecule has 0 saturated heterocycles. The molecule has 0 atom stereocenters. The van der Waals surface area contributed by atoms with Gasteiger partial charge in [-0.25, -0.2) is 0 Å². The number of carbonyl (C=O) groups is 3. The van der Waals surface area contributed by atoms with Gasteiger partial charge in [-0.15, -0.1) is 11.6 Å². The van der Waals surface area contributed by atoms with Crippen molar-refractivity contribution in [1.29, 1.82) is 0 Å². The first kappa shape index (κ1) is 21.6. The predicted molar refractivity (Wildman–Crippen MR) is 113 cm³/mol. The highest BCUT2D eigenvalue weighted by molar-refractivity contribution is 6.29. The molecule has 1 aliphatic rings. The van der Waals surface area contributed by atoms with Gasteiger partial charge in [0.1, 0.15) is 5.88 Å². The fourth-order valence-corrected chi connectivity index (χ4v) is 3.30. The Morgan fingerprint density at radius 3 is 2.33 bits per heavy atom. The van der Waals surface area contributed by atoms with Gasteiger partial charge in [0.05, 0.1) is 24.8 Å². The minimum absolute atomic E-state index is 0.124. The molecule has 2 aromatic rings. The Morgan fingerprint density at radius 2 is 1.70 bits per heavy atom. The lowest BCUT2D eigenvalue weighted by molar-refractivity contribution is -0.113. The first-order chi connectivity index (χ1) is 14.5. The molecule has 0 aliphatic carbocycles. The van der Waals surface area contributed by atoms with Crippen molar-refractivity contribution >= 4 is 35.0 Å². The number of amides is 3. The Bertz CT molecular complexity index is 912. The maximum Gasteiger partial charge on any atom is 0.261 e. The van der Waals surface area contributed by atoms with Gasteiger partial charge in [0.15, 0.2) is 11.5 Å². The number of nitrogens with zero attached hydrogens (tertiary/aromatic N) is 1. The van der Waals surface area contributed by atoms with Gasteiger partial charge in [-0.1, -0.05) is 12.1 Å². The second kappa shape index (κ2) is 10.1. The van der Waals surface area contributed by atoms with Gasteiger partial charge < -0.3 is 14.8 Å². The van der Waals surface area contributed by atoms with E-state index in [4.69, 9.17) is 21.1 Å². The lowest BCUT2D eigenvalue weighted by Gasteiger charge is -2.14. The molecule has 0 radical (unpaired) electrons. The number of methoxy groups -OCH3 is 1. The molecule has 3 amide bonds. The van der Waals surface area contributed by atoms with Gasteiger partial charge in [0.25, 0.3) is 11.8 Å². The Labute approximate surface area is 179 Å². The first-order valence-corrected chi connectivity index (χ1v) is 10.2. The number of nitrogens with one attached hydrogen (secondary N) is 1. The topological polar surface area (TPSA) is 84.9 Å². The van der Waals surface area contributed by atoms with Gasteiger partial charge in [0.2, 0.25) is 5.91 Å². The molecule has 1 N–H and O–H groups in total. The summed E-state index contributed by atoms with van der Waals surface area (Å²) >= 11 is 5.49. The van der Waals surface area contributed by atoms with Crippen molar-refractivity contribution in [3.63, 3.8) is 0 Å². The van der Waals surface area contributed by atoms with E-state index in [1.807, 2.05) is 0 Å². The van der Waals surface area contributed by atoms with Crippen LogP contribution in [-0.2, 0) is 4.79 Å². The van der Waals surface area contributed by atoms with Crippen molar-refractivity contribution < 1.29 is 23.9 Å². The van der Waals surface area contributed by atoms with Crippen LogP contribution in [0.5, 0.6) is 11.5 Å². The van der Waals surface area contributed by atoms with Gasteiger partial charge in [-0.3, -0.25) is 19.3 Å². The standard InChI is InChI=1S/C22H23ClN2O5/c1-29-19-13-15(24-20(26)14-23)9-10-18(19)30-12-6-2-5-11-25-21(27)16-7-3-4-8-17(16)22(25)28/h3-4,7-10,13H,2,5-6,11-12,14H2,1H3,(H,24,26). The molecule has 1 heterocycles. The minimum Gasteiger partial charge on any atom is -0.493 e. The molecule has 1 aliphatic heterocycles. The zero-order valence-corrected chi connectivity index (χ0v) is 17.4. The number of anilines is 1. The zero-order chi connectivity index (χ0) is 21.5. The fourth-order valence-electron chi connectivity index (χ4n) is 3.23. The molecule has 0 aromatic heterocycles. The van der Waals surface area contributed by atoms with Crippen LogP contribution in [0, 0.1) is 0 Å². The average molecular weight is 431 g/mol. The summed E-state index contributed by atoms with van der Waals surface area (Å²) in [4.78, 5) is 37.3. The fraction of sp³-hybridized carbons (Fsp3) is 0.318. The third-order valence-corrected chi connectivity index (χ3v) is 4.97. The lowest BCUT2D eigenvalue weighted by atomic mass is 10.1. The van der Waals surface area contributed by atoms with Crippen molar-refractivity contribution in [3.8, 4) is 11.5 Å². The normalized spacial score (nSPS) is 12.7. The first-order valence-electron chi connectivity index (χ1n) is 9.67. The third-order valence-electron chi connectivity index (χ3n) is 4.73. The summed E-state index contributed by atoms with van der Waals surface area (Å²) in [6.45, 7) is 0.858. The number of imide groups is 1. The molecule has 158 valence electrons. The van der Waals surface area contributed by atoms with Crippen LogP contribution >= 0.6 is 11.6 Å². The summed E-state index contributed by atoms with van der Waals surface area (Å²) in [6, 6.07) is 12.0. The number of rotatable bonds is 10. The van der Waals surface area contributed by atoms with E-state index in [-0.39, 0.29) is 23.6 Å². The van der Waals surface area contributed by atoms with E-state index < -0.39 is 0 Å². The summed E-state index contributed by atoms with van der Waals surface area (Å²) in [5.41, 5.74) is 1.53. The summed E-state index contributed by atoms with van der Waals surface area (Å²) in [5.74, 6) is 0.206. The number of halogens is 1. The number of fused-ring (bicyclic) bond motifs is 1. The number of alkyl halides is 1. The monoisotopic (exact) mass is 430 g/mol. The number of unbranched alkanes of at least 4 members (excludes halogenated alkanes) is 2. The molecule has 0 unspecified atom stereocenters. The van der Waals surface area contributed by atoms with Gasteiger partial charge in [0, 0.05) is 18.3 Å². The Morgan fingerprint density at radius 1 is 1.00 bits per heavy atom. The average Bonchev–Trinajstić information content (AvgIpc) is 3.01. The van der Waals surface area contributed by atoms with Gasteiger partial charge in [-0.05, 0) is 43.5 Å². The largest absolute Gasteiger partial charge is 0.493 e. The van der Waals surface area contributed by atoms with Crippen LogP contribution in [0.2, 0.25) is 0 Å². The van der Waals surface area contributed by atoms with Crippen molar-refractivity contribution in [1.82, 2.24) is 4.90 Å². The maximum absolute atomic E-state index is 12.3. The highest BCUT2D eigenvalue weighted by Gasteiger charge is 2.34. The van der Waals surface area contributed by atoms with Crippen LogP contribution in [0.25, 0.3) is 0 Å². The van der Waals surface area contributed by atoms with Crippen molar-refractivity contribution in [2.24, 2.45) is 0 Å². The molecule has 30 heavy (non-hydrogen) atoms. The summed E-state index contributed by atoms with van der Waals surface area (Å²) < 4.78 is 11.1. The van der Waals surface area contributed by atoms with E-state index in [2.05, 4.69) is 5.32 Å². The van der Waals surface area contributed by atoms with E-state index in [1.54, 1.807) is 42.5 Å². The second-order valence-corrected chi connectivity index (χ2v) is 7.03. The molecule has 0 fully saturated rings. The van der Waals surface area contributed by atoms with Crippen LogP contribution in [0.4, 0.5) is 5.69 Å². The molecule has 0 spiro atoms. The SMILES string of the molecule is COc1cc(NC(=O)CCl)ccc1OCCCCCN1C(=O)c2ccccc2C1=O. The van der Waals surface area contributed by atoms with Gasteiger partial charge >= 0.3 is 0 Å². The summed E-state index contributed by atoms with van der Waals surface area (Å²) in [7, 11) is 1.53. The smallest absolute Gasteiger partial charge is 0.261 e. The van der Waals surface area contributed by atoms with E-state index >= 15 is 0 Å². The number of carbonyl (C=O) groups excluding carboxylic acids is 3. The second-order valence-electron chi connectivity index (χ2n) is 6.76. The molecule has 0 bridgehead atoms. The summed E-state index contributed by atoms with van der Waals surface area (Å²) in [5, 5.41) is 2.65. The van der Waals surface area contributed by atoms with Crippen LogP contribution in [0.15, 0.2) is 42.5 Å². The van der Waals surface area contributed by atoms with Crippen LogP contribution in [0.1, 0.15) is 40.0 Å². The van der Waals surface area contributed by atoms with Crippen LogP contribution in [0.3, 0.4) is 0 Å². The molecular weight excluding hydrogens is 408 g/mol. The molecule has 7 nitrogen and oxygen atoms in total. The third kappa shape index (κ3) is 4.91. The van der Waals surface area contributed by atoms with Crippen molar-refractivity contribution in [2.75, 3.05) is 31.5 Å². The molecule has 0 saturated carbocycles. The lowest BCUT2D eigenvalue weighted by Crippen LogP contribution is -2.30. The number of ether oxygens (including phenoxy) is 2. The van der Waals surface area contributed by atoms with Crippen LogP contribution < -0.4 is 14.8 Å². The van der Waals surface area contributed by atoms with E-state index in [0.29, 0.717) is 47.9 Å². The van der Waals surface area contributed by atoms with Crippen molar-refractivity contribution in [2.45, 2.75) is 19.3 Å². The Balaban J connectivity index is 1.42. The van der Waals surface area contributed by atoms with E-state index in [1.165, 1.54) is 12.0 Å². The molecule has 8 heteroatoms. The number of hydrogen-bond acceptors (Lipinski definition) is 5. The zero-order valence-electron chi connectivity index (χ0n) is 16.7. The highest BCUT2D eigenvalue weighted by Crippen LogP contribution is 2.30. The number of benzene rings is 2. The van der Waals surface area contributed by atoms with Crippen molar-refractivity contribution in [3.05, 3.63) is 53.6 Å². The van der Waals surface area contributed by atoms with E-state index in [9.17, 15) is 14.4 Å². The quantitative estimate of drug-likeness (QED) is 0.353. The maximum atomic E-state index is 12.3. The molecule has 3 rings (SSSR count). The van der Waals surface area contributed by atoms with Crippen LogP contribution in [-0.4, -0.2) is 48.8 Å². The molecular formula is C22H23ClN2O5. The minimum atomic E-state index is -0.301. The highest BCUT2D eigenvalue weighted by atomic mass is 35.5. The summed E-state index contributed by atoms with van der Waals surface area (Å²) in [6.07, 6.45) is 2.27. The predicted octanol–water partition coefficient (Wildman–Crippen LogP) is 3.72. The van der Waals surface area contributed by atoms with Gasteiger partial charge in [-0.2, -0.15) is 0 Å². The molecule has 2 aromatic carbocycles.